The second kappa shape index (κ2) is 5.88. The Bertz CT molecular complexity index is 595. The van der Waals surface area contributed by atoms with Crippen LogP contribution in [0.15, 0.2) is 29.2 Å². The summed E-state index contributed by atoms with van der Waals surface area (Å²) in [6.45, 7) is 0.573. The minimum Gasteiger partial charge on any atom is -0.370 e. The van der Waals surface area contributed by atoms with Crippen LogP contribution in [-0.2, 0) is 14.8 Å². The van der Waals surface area contributed by atoms with Gasteiger partial charge in [-0.15, -0.1) is 0 Å². The number of carbonyl (C=O) groups excluding carboxylic acids is 1. The van der Waals surface area contributed by atoms with Crippen molar-refractivity contribution in [3.05, 3.63) is 30.1 Å². The monoisotopic (exact) mass is 300 g/mol. The first-order chi connectivity index (χ1) is 9.41. The van der Waals surface area contributed by atoms with Crippen molar-refractivity contribution in [2.45, 2.75) is 24.2 Å². The minimum atomic E-state index is -3.80. The van der Waals surface area contributed by atoms with E-state index >= 15 is 0 Å². The van der Waals surface area contributed by atoms with Crippen molar-refractivity contribution in [2.75, 3.05) is 13.1 Å². The molecule has 1 fully saturated rings. The van der Waals surface area contributed by atoms with E-state index < -0.39 is 15.8 Å². The van der Waals surface area contributed by atoms with Gasteiger partial charge in [-0.05, 0) is 30.9 Å². The molecule has 0 aliphatic carbocycles. The molecule has 1 amide bonds. The number of rotatable bonds is 4. The molecule has 5 nitrogen and oxygen atoms in total. The molecule has 7 heteroatoms. The Hall–Kier alpha value is -1.47. The predicted molar refractivity (Wildman–Crippen MR) is 71.7 cm³/mol. The third-order valence-corrected chi connectivity index (χ3v) is 5.45. The second-order valence-electron chi connectivity index (χ2n) is 4.95. The lowest BCUT2D eigenvalue weighted by Crippen LogP contribution is -2.39. The Morgan fingerprint density at radius 3 is 2.45 bits per heavy atom. The van der Waals surface area contributed by atoms with Crippen molar-refractivity contribution < 1.29 is 17.6 Å². The summed E-state index contributed by atoms with van der Waals surface area (Å²) < 4.78 is 39.6. The van der Waals surface area contributed by atoms with Gasteiger partial charge in [-0.25, -0.2) is 12.8 Å². The molecule has 2 rings (SSSR count). The van der Waals surface area contributed by atoms with Gasteiger partial charge in [-0.3, -0.25) is 4.79 Å². The van der Waals surface area contributed by atoms with E-state index in [1.54, 1.807) is 0 Å². The van der Waals surface area contributed by atoms with Crippen LogP contribution in [0, 0.1) is 11.7 Å². The van der Waals surface area contributed by atoms with Gasteiger partial charge in [-0.1, -0.05) is 12.1 Å². The average Bonchev–Trinajstić information content (AvgIpc) is 2.39. The summed E-state index contributed by atoms with van der Waals surface area (Å²) in [6.07, 6.45) is 1.40. The molecule has 0 saturated carbocycles. The van der Waals surface area contributed by atoms with E-state index in [0.29, 0.717) is 12.8 Å². The summed E-state index contributed by atoms with van der Waals surface area (Å²) in [6, 6.07) is 5.34. The third kappa shape index (κ3) is 3.16. The van der Waals surface area contributed by atoms with Crippen molar-refractivity contribution in [2.24, 2.45) is 11.7 Å². The van der Waals surface area contributed by atoms with Crippen LogP contribution < -0.4 is 5.73 Å². The van der Waals surface area contributed by atoms with E-state index in [9.17, 15) is 17.6 Å². The minimum absolute atomic E-state index is 0.111. The smallest absolute Gasteiger partial charge is 0.245 e. The number of benzene rings is 1. The Kier molecular flexibility index (Phi) is 4.39. The molecule has 0 unspecified atom stereocenters. The van der Waals surface area contributed by atoms with E-state index in [1.807, 2.05) is 0 Å². The van der Waals surface area contributed by atoms with Gasteiger partial charge in [0, 0.05) is 19.5 Å². The highest BCUT2D eigenvalue weighted by Crippen LogP contribution is 2.26. The SMILES string of the molecule is NC(=O)CC1CCN(S(=O)(=O)c2ccccc2F)CC1. The summed E-state index contributed by atoms with van der Waals surface area (Å²) in [5, 5.41) is 0. The molecule has 1 saturated heterocycles. The van der Waals surface area contributed by atoms with Gasteiger partial charge in [-0.2, -0.15) is 4.31 Å². The van der Waals surface area contributed by atoms with Crippen molar-refractivity contribution in [3.63, 3.8) is 0 Å². The van der Waals surface area contributed by atoms with Crippen LogP contribution in [-0.4, -0.2) is 31.7 Å². The number of halogens is 1. The number of piperidine rings is 1. The largest absolute Gasteiger partial charge is 0.370 e. The first-order valence-corrected chi connectivity index (χ1v) is 7.88. The van der Waals surface area contributed by atoms with E-state index in [0.717, 1.165) is 6.07 Å². The highest BCUT2D eigenvalue weighted by molar-refractivity contribution is 7.89. The molecule has 110 valence electrons. The first kappa shape index (κ1) is 14.9. The lowest BCUT2D eigenvalue weighted by Gasteiger charge is -2.30. The second-order valence-corrected chi connectivity index (χ2v) is 6.85. The normalized spacial score (nSPS) is 18.1. The van der Waals surface area contributed by atoms with Gasteiger partial charge >= 0.3 is 0 Å². The molecule has 0 bridgehead atoms. The summed E-state index contributed by atoms with van der Waals surface area (Å²) in [4.78, 5) is 10.6. The standard InChI is InChI=1S/C13H17FN2O3S/c14-11-3-1-2-4-12(11)20(18,19)16-7-5-10(6-8-16)9-13(15)17/h1-4,10H,5-9H2,(H2,15,17). The zero-order valence-electron chi connectivity index (χ0n) is 11.0. The van der Waals surface area contributed by atoms with Crippen LogP contribution in [0.25, 0.3) is 0 Å². The molecule has 0 radical (unpaired) electrons. The number of nitrogens with two attached hydrogens (primary N) is 1. The van der Waals surface area contributed by atoms with Crippen LogP contribution in [0.5, 0.6) is 0 Å². The molecule has 1 heterocycles. The molecule has 1 aliphatic rings. The van der Waals surface area contributed by atoms with Gasteiger partial charge in [0.25, 0.3) is 0 Å². The summed E-state index contributed by atoms with van der Waals surface area (Å²) in [5.41, 5.74) is 5.13. The Morgan fingerprint density at radius 1 is 1.30 bits per heavy atom. The number of amides is 1. The lowest BCUT2D eigenvalue weighted by atomic mass is 9.94. The maximum atomic E-state index is 13.6. The fourth-order valence-corrected chi connectivity index (χ4v) is 3.97. The van der Waals surface area contributed by atoms with Crippen molar-refractivity contribution in [3.8, 4) is 0 Å². The molecule has 0 atom stereocenters. The predicted octanol–water partition coefficient (Wildman–Crippen LogP) is 1.10. The maximum absolute atomic E-state index is 13.6. The highest BCUT2D eigenvalue weighted by Gasteiger charge is 2.31. The Morgan fingerprint density at radius 2 is 1.90 bits per heavy atom. The summed E-state index contributed by atoms with van der Waals surface area (Å²) in [5.74, 6) is -1.01. The Labute approximate surface area is 117 Å². The van der Waals surface area contributed by atoms with E-state index in [4.69, 9.17) is 5.73 Å². The van der Waals surface area contributed by atoms with Crippen LogP contribution >= 0.6 is 0 Å². The van der Waals surface area contributed by atoms with Gasteiger partial charge in [0.1, 0.15) is 10.7 Å². The van der Waals surface area contributed by atoms with Gasteiger partial charge in [0.2, 0.25) is 15.9 Å². The van der Waals surface area contributed by atoms with E-state index in [-0.39, 0.29) is 36.2 Å². The van der Waals surface area contributed by atoms with Crippen molar-refractivity contribution >= 4 is 15.9 Å². The maximum Gasteiger partial charge on any atom is 0.245 e. The number of nitrogens with zero attached hydrogens (tertiary/aromatic N) is 1. The molecule has 20 heavy (non-hydrogen) atoms. The summed E-state index contributed by atoms with van der Waals surface area (Å²) >= 11 is 0. The molecule has 1 aromatic rings. The quantitative estimate of drug-likeness (QED) is 0.904. The topological polar surface area (TPSA) is 80.5 Å². The zero-order valence-corrected chi connectivity index (χ0v) is 11.8. The molecule has 2 N–H and O–H groups in total. The van der Waals surface area contributed by atoms with E-state index in [2.05, 4.69) is 0 Å². The van der Waals surface area contributed by atoms with Crippen molar-refractivity contribution in [1.29, 1.82) is 0 Å². The van der Waals surface area contributed by atoms with Crippen LogP contribution in [0.3, 0.4) is 0 Å². The molecular formula is C13H17FN2O3S. The molecule has 1 aromatic carbocycles. The fourth-order valence-electron chi connectivity index (χ4n) is 2.43. The average molecular weight is 300 g/mol. The van der Waals surface area contributed by atoms with E-state index in [1.165, 1.54) is 22.5 Å². The molecular weight excluding hydrogens is 283 g/mol. The Balaban J connectivity index is 2.10. The number of primary amides is 1. The lowest BCUT2D eigenvalue weighted by molar-refractivity contribution is -0.119. The molecule has 1 aliphatic heterocycles. The van der Waals surface area contributed by atoms with Crippen molar-refractivity contribution in [1.82, 2.24) is 4.31 Å². The summed E-state index contributed by atoms with van der Waals surface area (Å²) in [7, 11) is -3.80. The highest BCUT2D eigenvalue weighted by atomic mass is 32.2. The zero-order chi connectivity index (χ0) is 14.8. The van der Waals surface area contributed by atoms with Crippen LogP contribution in [0.1, 0.15) is 19.3 Å². The van der Waals surface area contributed by atoms with Gasteiger partial charge in [0.05, 0.1) is 0 Å². The molecule has 0 spiro atoms. The molecule has 0 aromatic heterocycles. The number of hydrogen-bond acceptors (Lipinski definition) is 3. The number of hydrogen-bond donors (Lipinski definition) is 1. The van der Waals surface area contributed by atoms with Gasteiger partial charge < -0.3 is 5.73 Å². The van der Waals surface area contributed by atoms with Crippen LogP contribution in [0.2, 0.25) is 0 Å². The van der Waals surface area contributed by atoms with Crippen LogP contribution in [0.4, 0.5) is 4.39 Å². The third-order valence-electron chi connectivity index (χ3n) is 3.52. The fraction of sp³-hybridized carbons (Fsp3) is 0.462. The van der Waals surface area contributed by atoms with Gasteiger partial charge in [0.15, 0.2) is 0 Å². The number of sulfonamides is 1. The first-order valence-electron chi connectivity index (χ1n) is 6.44. The number of carbonyl (C=O) groups is 1.